The number of thioether (sulfide) groups is 1. The van der Waals surface area contributed by atoms with Crippen LogP contribution in [-0.2, 0) is 11.3 Å². The van der Waals surface area contributed by atoms with Crippen molar-refractivity contribution < 1.29 is 9.13 Å². The molecular weight excluding hydrogens is 273 g/mol. The molecule has 0 amide bonds. The van der Waals surface area contributed by atoms with Crippen molar-refractivity contribution in [3.8, 4) is 0 Å². The minimum absolute atomic E-state index is 0.0258. The lowest BCUT2D eigenvalue weighted by atomic mass is 10.1. The molecule has 0 radical (unpaired) electrons. The van der Waals surface area contributed by atoms with Crippen LogP contribution in [0.2, 0.25) is 0 Å². The number of rotatable bonds is 4. The van der Waals surface area contributed by atoms with Crippen LogP contribution in [0.3, 0.4) is 0 Å². The Balaban J connectivity index is 2.10. The van der Waals surface area contributed by atoms with Gasteiger partial charge in [-0.25, -0.2) is 4.39 Å². The predicted octanol–water partition coefficient (Wildman–Crippen LogP) is 3.98. The molecule has 0 spiro atoms. The van der Waals surface area contributed by atoms with Crippen LogP contribution in [0.25, 0.3) is 0 Å². The number of hydrogen-bond acceptors (Lipinski definition) is 3. The molecule has 20 heavy (non-hydrogen) atoms. The molecule has 2 unspecified atom stereocenters. The molecule has 1 saturated heterocycles. The third-order valence-electron chi connectivity index (χ3n) is 3.42. The third kappa shape index (κ3) is 4.47. The van der Waals surface area contributed by atoms with Crippen molar-refractivity contribution in [3.63, 3.8) is 0 Å². The van der Waals surface area contributed by atoms with Gasteiger partial charge in [0.1, 0.15) is 5.82 Å². The van der Waals surface area contributed by atoms with Gasteiger partial charge >= 0.3 is 0 Å². The molecule has 0 aliphatic carbocycles. The monoisotopic (exact) mass is 297 g/mol. The Morgan fingerprint density at radius 3 is 2.75 bits per heavy atom. The van der Waals surface area contributed by atoms with Gasteiger partial charge in [-0.05, 0) is 57.9 Å². The maximum atomic E-state index is 13.5. The van der Waals surface area contributed by atoms with E-state index in [0.717, 1.165) is 23.5 Å². The summed E-state index contributed by atoms with van der Waals surface area (Å²) in [6.07, 6.45) is 1.34. The minimum Gasteiger partial charge on any atom is -0.377 e. The zero-order valence-corrected chi connectivity index (χ0v) is 13.5. The zero-order valence-electron chi connectivity index (χ0n) is 12.7. The largest absolute Gasteiger partial charge is 0.377 e. The van der Waals surface area contributed by atoms with Crippen LogP contribution in [0.4, 0.5) is 4.39 Å². The fourth-order valence-corrected chi connectivity index (χ4v) is 3.43. The quantitative estimate of drug-likeness (QED) is 0.908. The van der Waals surface area contributed by atoms with Crippen LogP contribution in [0.1, 0.15) is 39.7 Å². The summed E-state index contributed by atoms with van der Waals surface area (Å²) in [6, 6.07) is 5.08. The Bertz CT molecular complexity index is 458. The molecule has 0 aromatic heterocycles. The van der Waals surface area contributed by atoms with Crippen molar-refractivity contribution in [2.45, 2.75) is 62.4 Å². The first kappa shape index (κ1) is 15.8. The molecular formula is C16H24FNOS. The molecule has 1 aliphatic heterocycles. The first-order valence-electron chi connectivity index (χ1n) is 7.17. The van der Waals surface area contributed by atoms with Gasteiger partial charge in [0.05, 0.1) is 6.10 Å². The van der Waals surface area contributed by atoms with Crippen molar-refractivity contribution in [2.24, 2.45) is 0 Å². The molecule has 0 saturated carbocycles. The summed E-state index contributed by atoms with van der Waals surface area (Å²) in [7, 11) is 0. The van der Waals surface area contributed by atoms with Crippen molar-refractivity contribution in [1.29, 1.82) is 0 Å². The Labute approximate surface area is 125 Å². The molecule has 112 valence electrons. The molecule has 1 aromatic carbocycles. The van der Waals surface area contributed by atoms with Gasteiger partial charge < -0.3 is 10.1 Å². The highest BCUT2D eigenvalue weighted by Gasteiger charge is 2.26. The molecule has 1 aromatic rings. The number of benzene rings is 1. The van der Waals surface area contributed by atoms with Gasteiger partial charge in [0.2, 0.25) is 0 Å². The average Bonchev–Trinajstić information content (AvgIpc) is 2.74. The number of halogens is 1. The molecule has 1 fully saturated rings. The smallest absolute Gasteiger partial charge is 0.123 e. The first-order valence-corrected chi connectivity index (χ1v) is 8.05. The summed E-state index contributed by atoms with van der Waals surface area (Å²) < 4.78 is 19.1. The summed E-state index contributed by atoms with van der Waals surface area (Å²) in [4.78, 5) is 1.16. The van der Waals surface area contributed by atoms with Crippen LogP contribution in [0.5, 0.6) is 0 Å². The third-order valence-corrected chi connectivity index (χ3v) is 4.99. The predicted molar refractivity (Wildman–Crippen MR) is 82.7 cm³/mol. The Morgan fingerprint density at radius 2 is 2.15 bits per heavy atom. The summed E-state index contributed by atoms with van der Waals surface area (Å²) in [5.74, 6) is -0.171. The van der Waals surface area contributed by atoms with Gasteiger partial charge in [0.25, 0.3) is 0 Å². The van der Waals surface area contributed by atoms with Gasteiger partial charge in [-0.3, -0.25) is 0 Å². The molecule has 1 N–H and O–H groups in total. The second kappa shape index (κ2) is 6.46. The molecule has 4 heteroatoms. The van der Waals surface area contributed by atoms with E-state index in [2.05, 4.69) is 33.0 Å². The van der Waals surface area contributed by atoms with E-state index in [1.807, 2.05) is 17.8 Å². The Kier molecular flexibility index (Phi) is 5.10. The zero-order chi connectivity index (χ0) is 14.8. The van der Waals surface area contributed by atoms with E-state index in [1.54, 1.807) is 12.1 Å². The van der Waals surface area contributed by atoms with Crippen molar-refractivity contribution >= 4 is 11.8 Å². The van der Waals surface area contributed by atoms with E-state index in [-0.39, 0.29) is 17.5 Å². The van der Waals surface area contributed by atoms with E-state index in [0.29, 0.717) is 11.8 Å². The molecule has 1 heterocycles. The van der Waals surface area contributed by atoms with E-state index in [4.69, 9.17) is 4.74 Å². The van der Waals surface area contributed by atoms with Crippen LogP contribution >= 0.6 is 11.8 Å². The molecule has 2 rings (SSSR count). The molecule has 2 atom stereocenters. The van der Waals surface area contributed by atoms with Gasteiger partial charge in [0.15, 0.2) is 0 Å². The van der Waals surface area contributed by atoms with E-state index < -0.39 is 0 Å². The van der Waals surface area contributed by atoms with Crippen LogP contribution in [-0.4, -0.2) is 23.5 Å². The van der Waals surface area contributed by atoms with Gasteiger partial charge in [0, 0.05) is 28.8 Å². The first-order chi connectivity index (χ1) is 9.35. The van der Waals surface area contributed by atoms with Gasteiger partial charge in [-0.1, -0.05) is 0 Å². The van der Waals surface area contributed by atoms with E-state index in [9.17, 15) is 4.39 Å². The number of ether oxygens (including phenoxy) is 1. The van der Waals surface area contributed by atoms with Crippen LogP contribution in [0.15, 0.2) is 23.1 Å². The van der Waals surface area contributed by atoms with Crippen molar-refractivity contribution in [1.82, 2.24) is 5.32 Å². The summed E-state index contributed by atoms with van der Waals surface area (Å²) in [5.41, 5.74) is 1.06. The standard InChI is InChI=1S/C16H24FNOS/c1-11-14(7-8-19-11)20-15-6-5-13(17)9-12(15)10-18-16(2,3)4/h5-6,9,11,14,18H,7-8,10H2,1-4H3. The number of nitrogens with one attached hydrogen (secondary N) is 1. The van der Waals surface area contributed by atoms with Crippen molar-refractivity contribution in [2.75, 3.05) is 6.61 Å². The van der Waals surface area contributed by atoms with Gasteiger partial charge in [-0.2, -0.15) is 0 Å². The highest BCUT2D eigenvalue weighted by Crippen LogP contribution is 2.34. The SMILES string of the molecule is CC1OCCC1Sc1ccc(F)cc1CNC(C)(C)C. The molecule has 2 nitrogen and oxygen atoms in total. The summed E-state index contributed by atoms with van der Waals surface area (Å²) >= 11 is 1.81. The van der Waals surface area contributed by atoms with Crippen molar-refractivity contribution in [3.05, 3.63) is 29.6 Å². The molecule has 0 bridgehead atoms. The second-order valence-electron chi connectivity index (χ2n) is 6.38. The topological polar surface area (TPSA) is 21.3 Å². The van der Waals surface area contributed by atoms with Gasteiger partial charge in [-0.15, -0.1) is 11.8 Å². The minimum atomic E-state index is -0.171. The highest BCUT2D eigenvalue weighted by molar-refractivity contribution is 8.00. The number of hydrogen-bond donors (Lipinski definition) is 1. The maximum Gasteiger partial charge on any atom is 0.123 e. The fourth-order valence-electron chi connectivity index (χ4n) is 2.19. The average molecular weight is 297 g/mol. The lowest BCUT2D eigenvalue weighted by molar-refractivity contribution is 0.127. The maximum absolute atomic E-state index is 13.5. The lowest BCUT2D eigenvalue weighted by Crippen LogP contribution is -2.35. The van der Waals surface area contributed by atoms with E-state index >= 15 is 0 Å². The van der Waals surface area contributed by atoms with E-state index in [1.165, 1.54) is 0 Å². The highest BCUT2D eigenvalue weighted by atomic mass is 32.2. The fraction of sp³-hybridized carbons (Fsp3) is 0.625. The van der Waals surface area contributed by atoms with Crippen LogP contribution in [0, 0.1) is 5.82 Å². The summed E-state index contributed by atoms with van der Waals surface area (Å²) in [5, 5.41) is 3.90. The Hall–Kier alpha value is -0.580. The lowest BCUT2D eigenvalue weighted by Gasteiger charge is -2.22. The molecule has 1 aliphatic rings. The Morgan fingerprint density at radius 1 is 1.40 bits per heavy atom. The summed E-state index contributed by atoms with van der Waals surface area (Å²) in [6.45, 7) is 9.98. The normalized spacial score (nSPS) is 23.2. The van der Waals surface area contributed by atoms with Crippen LogP contribution < -0.4 is 5.32 Å². The second-order valence-corrected chi connectivity index (χ2v) is 7.66.